The van der Waals surface area contributed by atoms with Crippen molar-refractivity contribution in [2.75, 3.05) is 6.61 Å². The van der Waals surface area contributed by atoms with Gasteiger partial charge in [-0.3, -0.25) is 4.79 Å². The van der Waals surface area contributed by atoms with Crippen molar-refractivity contribution in [1.29, 1.82) is 0 Å². The maximum absolute atomic E-state index is 11.9. The molecule has 0 radical (unpaired) electrons. The van der Waals surface area contributed by atoms with E-state index in [4.69, 9.17) is 18.9 Å². The van der Waals surface area contributed by atoms with Crippen molar-refractivity contribution >= 4 is 17.9 Å². The summed E-state index contributed by atoms with van der Waals surface area (Å²) in [5, 5.41) is 0. The lowest BCUT2D eigenvalue weighted by molar-refractivity contribution is -0.165. The van der Waals surface area contributed by atoms with Gasteiger partial charge in [-0.25, -0.2) is 9.59 Å². The fourth-order valence-corrected chi connectivity index (χ4v) is 2.56. The van der Waals surface area contributed by atoms with Crippen molar-refractivity contribution in [1.82, 2.24) is 0 Å². The van der Waals surface area contributed by atoms with E-state index in [0.717, 1.165) is 25.0 Å². The molecule has 0 amide bonds. The Labute approximate surface area is 127 Å². The predicted molar refractivity (Wildman–Crippen MR) is 71.5 cm³/mol. The van der Waals surface area contributed by atoms with Gasteiger partial charge in [0.1, 0.15) is 12.7 Å². The van der Waals surface area contributed by atoms with E-state index >= 15 is 0 Å². The third kappa shape index (κ3) is 2.85. The van der Waals surface area contributed by atoms with Gasteiger partial charge in [0.2, 0.25) is 0 Å². The Hall–Kier alpha value is -1.89. The Balaban J connectivity index is 1.67. The standard InChI is InChI=1S/C15H18O7/c1-8-12-13(22-11(17)4-3-10(16)21-12)9(20-8)7-19-14(18)15(2)5-6-15/h3-4,8-9,12-13H,5-7H2,1-2H3/b4-3-/t8-,9+,12+,13?/m0/s1. The molecule has 0 aromatic heterocycles. The van der Waals surface area contributed by atoms with Crippen molar-refractivity contribution in [3.8, 4) is 0 Å². The van der Waals surface area contributed by atoms with Crippen LogP contribution in [0.15, 0.2) is 12.2 Å². The number of esters is 3. The molecule has 0 bridgehead atoms. The van der Waals surface area contributed by atoms with Crippen molar-refractivity contribution in [3.63, 3.8) is 0 Å². The quantitative estimate of drug-likeness (QED) is 0.554. The van der Waals surface area contributed by atoms with Gasteiger partial charge in [0.25, 0.3) is 0 Å². The normalized spacial score (nSPS) is 37.2. The van der Waals surface area contributed by atoms with Crippen LogP contribution in [0.1, 0.15) is 26.7 Å². The SMILES string of the molecule is C[C@@H]1O[C@H](COC(=O)C2(C)CC2)C2OC(=O)/C=C\C(=O)O[C@@H]21. The van der Waals surface area contributed by atoms with Gasteiger partial charge in [-0.15, -0.1) is 0 Å². The van der Waals surface area contributed by atoms with Crippen LogP contribution in [0.4, 0.5) is 0 Å². The van der Waals surface area contributed by atoms with Gasteiger partial charge in [-0.05, 0) is 26.7 Å². The minimum Gasteiger partial charge on any atom is -0.462 e. The van der Waals surface area contributed by atoms with Gasteiger partial charge < -0.3 is 18.9 Å². The number of carbonyl (C=O) groups is 3. The van der Waals surface area contributed by atoms with E-state index in [0.29, 0.717) is 0 Å². The average molecular weight is 310 g/mol. The molecule has 7 nitrogen and oxygen atoms in total. The predicted octanol–water partition coefficient (Wildman–Crippen LogP) is 0.510. The molecule has 0 spiro atoms. The number of rotatable bonds is 3. The Morgan fingerprint density at radius 2 is 1.82 bits per heavy atom. The Morgan fingerprint density at radius 1 is 1.23 bits per heavy atom. The lowest BCUT2D eigenvalue weighted by Crippen LogP contribution is -2.42. The number of fused-ring (bicyclic) bond motifs is 1. The lowest BCUT2D eigenvalue weighted by Gasteiger charge is -2.24. The van der Waals surface area contributed by atoms with Crippen LogP contribution in [-0.4, -0.2) is 48.9 Å². The molecule has 2 heterocycles. The third-order valence-corrected chi connectivity index (χ3v) is 4.27. The molecule has 1 unspecified atom stereocenters. The molecule has 1 saturated heterocycles. The molecule has 2 aliphatic heterocycles. The second-order valence-electron chi connectivity index (χ2n) is 6.18. The monoisotopic (exact) mass is 310 g/mol. The van der Waals surface area contributed by atoms with Gasteiger partial charge >= 0.3 is 17.9 Å². The smallest absolute Gasteiger partial charge is 0.331 e. The lowest BCUT2D eigenvalue weighted by atomic mass is 10.1. The molecule has 1 aliphatic carbocycles. The van der Waals surface area contributed by atoms with E-state index in [9.17, 15) is 14.4 Å². The second kappa shape index (κ2) is 5.39. The summed E-state index contributed by atoms with van der Waals surface area (Å²) in [7, 11) is 0. The van der Waals surface area contributed by atoms with E-state index in [1.54, 1.807) is 6.92 Å². The van der Waals surface area contributed by atoms with Gasteiger partial charge in [0.15, 0.2) is 12.2 Å². The number of hydrogen-bond donors (Lipinski definition) is 0. The van der Waals surface area contributed by atoms with Crippen LogP contribution in [0, 0.1) is 5.41 Å². The highest BCUT2D eigenvalue weighted by Crippen LogP contribution is 2.46. The maximum Gasteiger partial charge on any atom is 0.331 e. The van der Waals surface area contributed by atoms with Gasteiger partial charge in [0, 0.05) is 12.2 Å². The average Bonchev–Trinajstić information content (AvgIpc) is 3.15. The zero-order valence-corrected chi connectivity index (χ0v) is 12.4. The zero-order chi connectivity index (χ0) is 15.9. The van der Waals surface area contributed by atoms with Crippen LogP contribution in [0.25, 0.3) is 0 Å². The summed E-state index contributed by atoms with van der Waals surface area (Å²) in [6.45, 7) is 3.53. The largest absolute Gasteiger partial charge is 0.462 e. The van der Waals surface area contributed by atoms with Crippen LogP contribution in [0.5, 0.6) is 0 Å². The summed E-state index contributed by atoms with van der Waals surface area (Å²) in [4.78, 5) is 35.0. The first-order valence-corrected chi connectivity index (χ1v) is 7.31. The highest BCUT2D eigenvalue weighted by atomic mass is 16.6. The minimum atomic E-state index is -0.781. The third-order valence-electron chi connectivity index (χ3n) is 4.27. The number of hydrogen-bond acceptors (Lipinski definition) is 7. The van der Waals surface area contributed by atoms with Crippen LogP contribution in [0.3, 0.4) is 0 Å². The fourth-order valence-electron chi connectivity index (χ4n) is 2.56. The summed E-state index contributed by atoms with van der Waals surface area (Å²) in [6, 6.07) is 0. The Morgan fingerprint density at radius 3 is 2.41 bits per heavy atom. The van der Waals surface area contributed by atoms with Crippen LogP contribution in [0.2, 0.25) is 0 Å². The Bertz CT molecular complexity index is 534. The summed E-state index contributed by atoms with van der Waals surface area (Å²) in [5.74, 6) is -1.54. The molecule has 120 valence electrons. The van der Waals surface area contributed by atoms with Crippen LogP contribution < -0.4 is 0 Å². The van der Waals surface area contributed by atoms with E-state index in [2.05, 4.69) is 0 Å². The summed E-state index contributed by atoms with van der Waals surface area (Å²) < 4.78 is 21.4. The van der Waals surface area contributed by atoms with Crippen molar-refractivity contribution in [2.24, 2.45) is 5.41 Å². The van der Waals surface area contributed by atoms with E-state index in [1.807, 2.05) is 6.92 Å². The van der Waals surface area contributed by atoms with E-state index in [-0.39, 0.29) is 12.6 Å². The van der Waals surface area contributed by atoms with E-state index < -0.39 is 41.8 Å². The molecule has 3 rings (SSSR count). The van der Waals surface area contributed by atoms with Crippen molar-refractivity contribution in [2.45, 2.75) is 51.1 Å². The van der Waals surface area contributed by atoms with E-state index in [1.165, 1.54) is 0 Å². The highest BCUT2D eigenvalue weighted by molar-refractivity contribution is 5.92. The Kier molecular flexibility index (Phi) is 3.68. The fraction of sp³-hybridized carbons (Fsp3) is 0.667. The van der Waals surface area contributed by atoms with Gasteiger partial charge in [0.05, 0.1) is 11.5 Å². The van der Waals surface area contributed by atoms with Crippen LogP contribution in [-0.2, 0) is 33.3 Å². The summed E-state index contributed by atoms with van der Waals surface area (Å²) in [5.41, 5.74) is -0.392. The molecule has 22 heavy (non-hydrogen) atoms. The molecule has 1 saturated carbocycles. The first-order valence-electron chi connectivity index (χ1n) is 7.31. The van der Waals surface area contributed by atoms with Gasteiger partial charge in [-0.2, -0.15) is 0 Å². The zero-order valence-electron chi connectivity index (χ0n) is 12.4. The molecule has 0 aromatic rings. The summed E-state index contributed by atoms with van der Waals surface area (Å²) >= 11 is 0. The molecule has 4 atom stereocenters. The topological polar surface area (TPSA) is 88.1 Å². The number of ether oxygens (including phenoxy) is 4. The van der Waals surface area contributed by atoms with Crippen LogP contribution >= 0.6 is 0 Å². The molecule has 0 aromatic carbocycles. The highest BCUT2D eigenvalue weighted by Gasteiger charge is 2.50. The number of carbonyl (C=O) groups excluding carboxylic acids is 3. The molecular formula is C15H18O7. The maximum atomic E-state index is 11.9. The van der Waals surface area contributed by atoms with Gasteiger partial charge in [-0.1, -0.05) is 0 Å². The first kappa shape index (κ1) is 15.0. The molecule has 2 fully saturated rings. The minimum absolute atomic E-state index is 0.0333. The molecule has 0 N–H and O–H groups in total. The second-order valence-corrected chi connectivity index (χ2v) is 6.18. The summed E-state index contributed by atoms with van der Waals surface area (Å²) in [6.07, 6.45) is 1.08. The molecule has 7 heteroatoms. The van der Waals surface area contributed by atoms with Crippen molar-refractivity contribution < 1.29 is 33.3 Å². The van der Waals surface area contributed by atoms with Crippen molar-refractivity contribution in [3.05, 3.63) is 12.2 Å². The first-order chi connectivity index (χ1) is 10.4. The molecular weight excluding hydrogens is 292 g/mol. The molecule has 3 aliphatic rings.